The predicted octanol–water partition coefficient (Wildman–Crippen LogP) is 3.47. The Morgan fingerprint density at radius 1 is 1.27 bits per heavy atom. The summed E-state index contributed by atoms with van der Waals surface area (Å²) >= 11 is 6.08. The highest BCUT2D eigenvalue weighted by molar-refractivity contribution is 6.30. The van der Waals surface area contributed by atoms with Gasteiger partial charge in [0, 0.05) is 27.9 Å². The Balaban J connectivity index is 2.06. The van der Waals surface area contributed by atoms with Gasteiger partial charge in [0.2, 0.25) is 0 Å². The molecule has 2 N–H and O–H groups in total. The van der Waals surface area contributed by atoms with Gasteiger partial charge in [-0.05, 0) is 44.7 Å². The lowest BCUT2D eigenvalue weighted by molar-refractivity contribution is 0.281. The van der Waals surface area contributed by atoms with E-state index in [0.29, 0.717) is 10.8 Å². The van der Waals surface area contributed by atoms with Crippen molar-refractivity contribution < 1.29 is 5.11 Å². The van der Waals surface area contributed by atoms with Gasteiger partial charge in [0.25, 0.3) is 0 Å². The first-order valence-electron chi connectivity index (χ1n) is 7.70. The molecule has 0 saturated heterocycles. The Kier molecular flexibility index (Phi) is 4.60. The Morgan fingerprint density at radius 3 is 2.86 bits per heavy atom. The first kappa shape index (κ1) is 15.3. The van der Waals surface area contributed by atoms with Crippen LogP contribution in [0.3, 0.4) is 0 Å². The van der Waals surface area contributed by atoms with E-state index >= 15 is 0 Å². The van der Waals surface area contributed by atoms with E-state index < -0.39 is 0 Å². The maximum absolute atomic E-state index is 9.30. The summed E-state index contributed by atoms with van der Waals surface area (Å²) in [4.78, 5) is 9.44. The van der Waals surface area contributed by atoms with Gasteiger partial charge in [-0.15, -0.1) is 0 Å². The van der Waals surface area contributed by atoms with Gasteiger partial charge in [-0.2, -0.15) is 0 Å². The SMILES string of the molecule is CC(CO)Nc1nc(-c2cccc(Cl)c2)nc2c1CCCC2. The van der Waals surface area contributed by atoms with E-state index in [1.54, 1.807) is 0 Å². The van der Waals surface area contributed by atoms with Gasteiger partial charge in [-0.25, -0.2) is 9.97 Å². The second-order valence-corrected chi connectivity index (χ2v) is 6.20. The van der Waals surface area contributed by atoms with Gasteiger partial charge in [0.05, 0.1) is 6.61 Å². The number of nitrogens with zero attached hydrogens (tertiary/aromatic N) is 2. The number of nitrogens with one attached hydrogen (secondary N) is 1. The van der Waals surface area contributed by atoms with Gasteiger partial charge >= 0.3 is 0 Å². The third-order valence-electron chi connectivity index (χ3n) is 3.92. The van der Waals surface area contributed by atoms with Crippen LogP contribution >= 0.6 is 11.6 Å². The van der Waals surface area contributed by atoms with Gasteiger partial charge in [-0.1, -0.05) is 23.7 Å². The highest BCUT2D eigenvalue weighted by Crippen LogP contribution is 2.29. The molecule has 0 bridgehead atoms. The second kappa shape index (κ2) is 6.63. The fraction of sp³-hybridized carbons (Fsp3) is 0.412. The summed E-state index contributed by atoms with van der Waals surface area (Å²) in [5.41, 5.74) is 3.22. The molecule has 4 nitrogen and oxygen atoms in total. The highest BCUT2D eigenvalue weighted by atomic mass is 35.5. The number of rotatable bonds is 4. The number of halogens is 1. The molecule has 0 spiro atoms. The van der Waals surface area contributed by atoms with Crippen molar-refractivity contribution in [1.82, 2.24) is 9.97 Å². The molecule has 1 aliphatic rings. The molecule has 2 aromatic rings. The third-order valence-corrected chi connectivity index (χ3v) is 4.16. The van der Waals surface area contributed by atoms with Crippen molar-refractivity contribution in [2.75, 3.05) is 11.9 Å². The quantitative estimate of drug-likeness (QED) is 0.906. The number of fused-ring (bicyclic) bond motifs is 1. The zero-order valence-corrected chi connectivity index (χ0v) is 13.4. The predicted molar refractivity (Wildman–Crippen MR) is 89.3 cm³/mol. The maximum atomic E-state index is 9.30. The van der Waals surface area contributed by atoms with Crippen LogP contribution in [0.25, 0.3) is 11.4 Å². The van der Waals surface area contributed by atoms with Crippen LogP contribution < -0.4 is 5.32 Å². The summed E-state index contributed by atoms with van der Waals surface area (Å²) in [6, 6.07) is 7.56. The van der Waals surface area contributed by atoms with Crippen molar-refractivity contribution in [1.29, 1.82) is 0 Å². The number of hydrogen-bond acceptors (Lipinski definition) is 4. The molecule has 1 aliphatic carbocycles. The molecule has 1 atom stereocenters. The summed E-state index contributed by atoms with van der Waals surface area (Å²) in [5.74, 6) is 1.54. The average molecular weight is 318 g/mol. The Labute approximate surface area is 135 Å². The third kappa shape index (κ3) is 3.23. The second-order valence-electron chi connectivity index (χ2n) is 5.77. The van der Waals surface area contributed by atoms with Crippen molar-refractivity contribution in [3.63, 3.8) is 0 Å². The van der Waals surface area contributed by atoms with Crippen LogP contribution in [0.15, 0.2) is 24.3 Å². The van der Waals surface area contributed by atoms with Crippen LogP contribution in [-0.2, 0) is 12.8 Å². The van der Waals surface area contributed by atoms with Crippen LogP contribution in [0.5, 0.6) is 0 Å². The van der Waals surface area contributed by atoms with Crippen LogP contribution in [0.1, 0.15) is 31.0 Å². The minimum atomic E-state index is -0.0341. The normalized spacial score (nSPS) is 15.2. The number of benzene rings is 1. The zero-order valence-electron chi connectivity index (χ0n) is 12.6. The fourth-order valence-corrected chi connectivity index (χ4v) is 2.94. The Morgan fingerprint density at radius 2 is 2.09 bits per heavy atom. The van der Waals surface area contributed by atoms with Crippen molar-refractivity contribution in [2.24, 2.45) is 0 Å². The minimum absolute atomic E-state index is 0.0341. The molecule has 116 valence electrons. The molecule has 1 aromatic heterocycles. The molecule has 0 fully saturated rings. The Bertz CT molecular complexity index is 675. The topological polar surface area (TPSA) is 58.0 Å². The molecule has 1 unspecified atom stereocenters. The average Bonchev–Trinajstić information content (AvgIpc) is 2.54. The smallest absolute Gasteiger partial charge is 0.161 e. The fourth-order valence-electron chi connectivity index (χ4n) is 2.75. The van der Waals surface area contributed by atoms with E-state index in [4.69, 9.17) is 21.6 Å². The summed E-state index contributed by atoms with van der Waals surface area (Å²) in [7, 11) is 0. The van der Waals surface area contributed by atoms with Gasteiger partial charge in [0.1, 0.15) is 5.82 Å². The zero-order chi connectivity index (χ0) is 15.5. The standard InChI is InChI=1S/C17H20ClN3O/c1-11(10-22)19-17-14-7-2-3-8-15(14)20-16(21-17)12-5-4-6-13(18)9-12/h4-6,9,11,22H,2-3,7-8,10H2,1H3,(H,19,20,21). The molecular weight excluding hydrogens is 298 g/mol. The highest BCUT2D eigenvalue weighted by Gasteiger charge is 2.19. The van der Waals surface area contributed by atoms with E-state index in [9.17, 15) is 5.11 Å². The van der Waals surface area contributed by atoms with Crippen molar-refractivity contribution in [3.05, 3.63) is 40.5 Å². The molecule has 1 aromatic carbocycles. The number of aryl methyl sites for hydroxylation is 1. The van der Waals surface area contributed by atoms with E-state index in [2.05, 4.69) is 5.32 Å². The van der Waals surface area contributed by atoms with Crippen LogP contribution in [0.4, 0.5) is 5.82 Å². The van der Waals surface area contributed by atoms with E-state index in [0.717, 1.165) is 42.8 Å². The van der Waals surface area contributed by atoms with Gasteiger partial charge in [0.15, 0.2) is 5.82 Å². The van der Waals surface area contributed by atoms with Gasteiger partial charge < -0.3 is 10.4 Å². The Hall–Kier alpha value is -1.65. The van der Waals surface area contributed by atoms with Crippen LogP contribution in [0, 0.1) is 0 Å². The lowest BCUT2D eigenvalue weighted by Crippen LogP contribution is -2.23. The van der Waals surface area contributed by atoms with E-state index in [1.807, 2.05) is 31.2 Å². The maximum Gasteiger partial charge on any atom is 0.161 e. The van der Waals surface area contributed by atoms with Crippen LogP contribution in [-0.4, -0.2) is 27.7 Å². The van der Waals surface area contributed by atoms with Crippen molar-refractivity contribution >= 4 is 17.4 Å². The summed E-state index contributed by atoms with van der Waals surface area (Å²) in [5, 5.41) is 13.3. The van der Waals surface area contributed by atoms with Gasteiger partial charge in [-0.3, -0.25) is 0 Å². The van der Waals surface area contributed by atoms with Crippen molar-refractivity contribution in [2.45, 2.75) is 38.6 Å². The van der Waals surface area contributed by atoms with Crippen LogP contribution in [0.2, 0.25) is 5.02 Å². The number of aliphatic hydroxyl groups is 1. The number of aromatic nitrogens is 2. The first-order valence-corrected chi connectivity index (χ1v) is 8.08. The molecule has 0 amide bonds. The molecule has 0 aliphatic heterocycles. The number of hydrogen-bond donors (Lipinski definition) is 2. The molecular formula is C17H20ClN3O. The molecule has 5 heteroatoms. The first-order chi connectivity index (χ1) is 10.7. The largest absolute Gasteiger partial charge is 0.394 e. The lowest BCUT2D eigenvalue weighted by atomic mass is 9.96. The minimum Gasteiger partial charge on any atom is -0.394 e. The van der Waals surface area contributed by atoms with E-state index in [1.165, 1.54) is 5.56 Å². The van der Waals surface area contributed by atoms with Crippen molar-refractivity contribution in [3.8, 4) is 11.4 Å². The monoisotopic (exact) mass is 317 g/mol. The summed E-state index contributed by atoms with van der Waals surface area (Å²) < 4.78 is 0. The summed E-state index contributed by atoms with van der Waals surface area (Å²) in [6.45, 7) is 2.02. The van der Waals surface area contributed by atoms with E-state index in [-0.39, 0.29) is 12.6 Å². The molecule has 0 radical (unpaired) electrons. The molecule has 1 heterocycles. The molecule has 22 heavy (non-hydrogen) atoms. The molecule has 0 saturated carbocycles. The lowest BCUT2D eigenvalue weighted by Gasteiger charge is -2.21. The summed E-state index contributed by atoms with van der Waals surface area (Å²) in [6.07, 6.45) is 4.29. The molecule has 3 rings (SSSR count). The number of aliphatic hydroxyl groups excluding tert-OH is 1. The number of anilines is 1.